The minimum Gasteiger partial charge on any atom is -0.491 e. The first-order valence-electron chi connectivity index (χ1n) is 10.1. The summed E-state index contributed by atoms with van der Waals surface area (Å²) in [4.78, 5) is 16.7. The van der Waals surface area contributed by atoms with Crippen molar-refractivity contribution in [1.82, 2.24) is 10.3 Å². The highest BCUT2D eigenvalue weighted by atomic mass is 32.2. The second-order valence-electron chi connectivity index (χ2n) is 7.50. The van der Waals surface area contributed by atoms with Gasteiger partial charge >= 0.3 is 0 Å². The van der Waals surface area contributed by atoms with E-state index in [0.717, 1.165) is 10.9 Å². The van der Waals surface area contributed by atoms with Gasteiger partial charge in [0.2, 0.25) is 9.84 Å². The van der Waals surface area contributed by atoms with E-state index in [-0.39, 0.29) is 34.1 Å². The summed E-state index contributed by atoms with van der Waals surface area (Å²) in [5, 5.41) is 3.57. The zero-order valence-corrected chi connectivity index (χ0v) is 18.4. The van der Waals surface area contributed by atoms with Gasteiger partial charge in [-0.25, -0.2) is 8.42 Å². The molecule has 1 N–H and O–H groups in total. The van der Waals surface area contributed by atoms with Crippen LogP contribution < -0.4 is 10.1 Å². The van der Waals surface area contributed by atoms with Crippen LogP contribution in [0.25, 0.3) is 11.0 Å². The van der Waals surface area contributed by atoms with Crippen molar-refractivity contribution in [2.45, 2.75) is 36.3 Å². The molecule has 0 radical (unpaired) electrons. The lowest BCUT2D eigenvalue weighted by Crippen LogP contribution is -2.22. The van der Waals surface area contributed by atoms with Gasteiger partial charge in [-0.3, -0.25) is 9.78 Å². The lowest BCUT2D eigenvalue weighted by Gasteiger charge is -2.11. The van der Waals surface area contributed by atoms with Gasteiger partial charge in [-0.1, -0.05) is 18.2 Å². The van der Waals surface area contributed by atoms with Crippen LogP contribution in [0.5, 0.6) is 5.75 Å². The summed E-state index contributed by atoms with van der Waals surface area (Å²) >= 11 is 0. The van der Waals surface area contributed by atoms with Crippen molar-refractivity contribution in [3.05, 3.63) is 84.4 Å². The second-order valence-corrected chi connectivity index (χ2v) is 9.45. The Balaban J connectivity index is 1.45. The number of rotatable bonds is 7. The van der Waals surface area contributed by atoms with Crippen LogP contribution in [0.2, 0.25) is 0 Å². The Morgan fingerprint density at radius 2 is 1.84 bits per heavy atom. The maximum Gasteiger partial charge on any atom is 0.287 e. The lowest BCUT2D eigenvalue weighted by atomic mass is 10.2. The molecule has 0 aliphatic heterocycles. The Morgan fingerprint density at radius 3 is 2.56 bits per heavy atom. The largest absolute Gasteiger partial charge is 0.491 e. The molecule has 0 atom stereocenters. The molecule has 0 bridgehead atoms. The van der Waals surface area contributed by atoms with Crippen LogP contribution in [-0.4, -0.2) is 25.4 Å². The maximum atomic E-state index is 13.0. The number of hydrogen-bond acceptors (Lipinski definition) is 6. The number of nitrogens with zero attached hydrogens (tertiary/aromatic N) is 1. The smallest absolute Gasteiger partial charge is 0.287 e. The van der Waals surface area contributed by atoms with E-state index in [9.17, 15) is 13.2 Å². The van der Waals surface area contributed by atoms with Crippen LogP contribution in [0.15, 0.2) is 87.3 Å². The van der Waals surface area contributed by atoms with Crippen molar-refractivity contribution in [3.8, 4) is 5.75 Å². The highest BCUT2D eigenvalue weighted by Gasteiger charge is 2.19. The van der Waals surface area contributed by atoms with E-state index in [1.807, 2.05) is 13.8 Å². The van der Waals surface area contributed by atoms with Gasteiger partial charge in [-0.15, -0.1) is 0 Å². The summed E-state index contributed by atoms with van der Waals surface area (Å²) in [5.41, 5.74) is 1.29. The summed E-state index contributed by atoms with van der Waals surface area (Å²) in [6.07, 6.45) is 3.12. The third-order valence-corrected chi connectivity index (χ3v) is 6.49. The van der Waals surface area contributed by atoms with E-state index >= 15 is 0 Å². The zero-order valence-electron chi connectivity index (χ0n) is 17.6. The van der Waals surface area contributed by atoms with Crippen LogP contribution in [0.4, 0.5) is 0 Å². The Morgan fingerprint density at radius 1 is 1.06 bits per heavy atom. The average molecular weight is 451 g/mol. The molecule has 164 valence electrons. The van der Waals surface area contributed by atoms with Crippen molar-refractivity contribution in [1.29, 1.82) is 0 Å². The number of amides is 1. The number of carbonyl (C=O) groups is 1. The Labute approximate surface area is 186 Å². The summed E-state index contributed by atoms with van der Waals surface area (Å²) in [6.45, 7) is 3.99. The van der Waals surface area contributed by atoms with Gasteiger partial charge in [-0.2, -0.15) is 0 Å². The predicted molar refractivity (Wildman–Crippen MR) is 119 cm³/mol. The maximum absolute atomic E-state index is 13.0. The molecule has 0 saturated heterocycles. The van der Waals surface area contributed by atoms with E-state index in [1.54, 1.807) is 54.9 Å². The molecule has 1 amide bonds. The van der Waals surface area contributed by atoms with Gasteiger partial charge in [-0.05, 0) is 61.9 Å². The zero-order chi connectivity index (χ0) is 22.7. The third-order valence-electron chi connectivity index (χ3n) is 4.72. The quantitative estimate of drug-likeness (QED) is 0.449. The monoisotopic (exact) mass is 450 g/mol. The number of fused-ring (bicyclic) bond motifs is 1. The highest BCUT2D eigenvalue weighted by molar-refractivity contribution is 7.91. The molecule has 0 saturated carbocycles. The number of sulfone groups is 1. The molecule has 0 spiro atoms. The van der Waals surface area contributed by atoms with Crippen LogP contribution in [-0.2, 0) is 16.4 Å². The Bertz CT molecular complexity index is 1330. The van der Waals surface area contributed by atoms with E-state index in [1.165, 1.54) is 18.2 Å². The first-order chi connectivity index (χ1) is 15.3. The average Bonchev–Trinajstić information content (AvgIpc) is 3.22. The summed E-state index contributed by atoms with van der Waals surface area (Å²) in [7, 11) is -3.69. The fourth-order valence-electron chi connectivity index (χ4n) is 3.18. The third kappa shape index (κ3) is 4.65. The molecular formula is C24H22N2O5S. The SMILES string of the molecule is CC(C)Oc1cccc(S(=O)(=O)c2ccc(CNC(=O)c3cc4ccncc4o3)cc2)c1. The number of hydrogen-bond donors (Lipinski definition) is 1. The summed E-state index contributed by atoms with van der Waals surface area (Å²) in [5.74, 6) is 0.331. The topological polar surface area (TPSA) is 98.5 Å². The predicted octanol–water partition coefficient (Wildman–Crippen LogP) is 4.38. The molecule has 8 heteroatoms. The molecule has 2 aromatic heterocycles. The number of ether oxygens (including phenoxy) is 1. The molecule has 32 heavy (non-hydrogen) atoms. The molecular weight excluding hydrogens is 428 g/mol. The number of nitrogens with one attached hydrogen (secondary N) is 1. The summed E-state index contributed by atoms with van der Waals surface area (Å²) < 4.78 is 37.1. The normalized spacial score (nSPS) is 11.6. The van der Waals surface area contributed by atoms with Gasteiger partial charge in [0.25, 0.3) is 5.91 Å². The van der Waals surface area contributed by atoms with Crippen molar-refractivity contribution < 1.29 is 22.4 Å². The number of carbonyl (C=O) groups excluding carboxylic acids is 1. The molecule has 4 rings (SSSR count). The fraction of sp³-hybridized carbons (Fsp3) is 0.167. The summed E-state index contributed by atoms with van der Waals surface area (Å²) in [6, 6.07) is 16.3. The highest BCUT2D eigenvalue weighted by Crippen LogP contribution is 2.25. The van der Waals surface area contributed by atoms with Gasteiger partial charge in [0.1, 0.15) is 5.75 Å². The van der Waals surface area contributed by atoms with E-state index in [0.29, 0.717) is 11.3 Å². The number of aromatic nitrogens is 1. The molecule has 2 heterocycles. The number of furan rings is 1. The first-order valence-corrected chi connectivity index (χ1v) is 11.5. The van der Waals surface area contributed by atoms with Crippen molar-refractivity contribution >= 4 is 26.7 Å². The Kier molecular flexibility index (Phi) is 5.96. The Hall–Kier alpha value is -3.65. The molecule has 4 aromatic rings. The van der Waals surface area contributed by atoms with Gasteiger partial charge in [0.15, 0.2) is 11.3 Å². The van der Waals surface area contributed by atoms with Crippen LogP contribution >= 0.6 is 0 Å². The van der Waals surface area contributed by atoms with Crippen molar-refractivity contribution in [2.75, 3.05) is 0 Å². The molecule has 7 nitrogen and oxygen atoms in total. The molecule has 0 fully saturated rings. The van der Waals surface area contributed by atoms with E-state index < -0.39 is 9.84 Å². The lowest BCUT2D eigenvalue weighted by molar-refractivity contribution is 0.0925. The fourth-order valence-corrected chi connectivity index (χ4v) is 4.47. The number of pyridine rings is 1. The van der Waals surface area contributed by atoms with Crippen molar-refractivity contribution in [3.63, 3.8) is 0 Å². The molecule has 0 unspecified atom stereocenters. The minimum absolute atomic E-state index is 0.0568. The van der Waals surface area contributed by atoms with E-state index in [2.05, 4.69) is 10.3 Å². The number of benzene rings is 2. The van der Waals surface area contributed by atoms with Gasteiger partial charge in [0, 0.05) is 18.1 Å². The molecule has 0 aliphatic carbocycles. The molecule has 0 aliphatic rings. The minimum atomic E-state index is -3.69. The standard InChI is InChI=1S/C24H22N2O5S/c1-16(2)30-19-4-3-5-21(13-19)32(28,29)20-8-6-17(7-9-20)14-26-24(27)22-12-18-10-11-25-15-23(18)31-22/h3-13,15-16H,14H2,1-2H3,(H,26,27). The van der Waals surface area contributed by atoms with Crippen molar-refractivity contribution in [2.24, 2.45) is 0 Å². The second kappa shape index (κ2) is 8.84. The first kappa shape index (κ1) is 21.6. The van der Waals surface area contributed by atoms with Gasteiger partial charge < -0.3 is 14.5 Å². The van der Waals surface area contributed by atoms with E-state index in [4.69, 9.17) is 9.15 Å². The van der Waals surface area contributed by atoms with Crippen LogP contribution in [0, 0.1) is 0 Å². The van der Waals surface area contributed by atoms with Crippen LogP contribution in [0.1, 0.15) is 30.0 Å². The molecule has 2 aromatic carbocycles. The van der Waals surface area contributed by atoms with Crippen LogP contribution in [0.3, 0.4) is 0 Å². The van der Waals surface area contributed by atoms with Gasteiger partial charge in [0.05, 0.1) is 22.1 Å².